The molecule has 0 spiro atoms. The fourth-order valence-corrected chi connectivity index (χ4v) is 2.19. The minimum absolute atomic E-state index is 0.00486. The maximum absolute atomic E-state index is 12.2. The molecule has 4 heteroatoms. The molecule has 0 heterocycles. The topological polar surface area (TPSA) is 20.3 Å². The average molecular weight is 205 g/mol. The van der Waals surface area contributed by atoms with Crippen LogP contribution < -0.4 is 0 Å². The van der Waals surface area contributed by atoms with Crippen LogP contribution in [0.25, 0.3) is 0 Å². The zero-order chi connectivity index (χ0) is 10.7. The van der Waals surface area contributed by atoms with Gasteiger partial charge in [-0.2, -0.15) is 8.78 Å². The van der Waals surface area contributed by atoms with Gasteiger partial charge in [-0.3, -0.25) is 4.79 Å². The SMILES string of the molecule is CC1CCCCC1N(C)C(=O)C(F)F. The van der Waals surface area contributed by atoms with Crippen LogP contribution >= 0.6 is 0 Å². The number of rotatable bonds is 2. The van der Waals surface area contributed by atoms with Gasteiger partial charge < -0.3 is 4.90 Å². The zero-order valence-electron chi connectivity index (χ0n) is 8.67. The molecule has 82 valence electrons. The molecule has 1 saturated carbocycles. The highest BCUT2D eigenvalue weighted by atomic mass is 19.3. The van der Waals surface area contributed by atoms with Crippen molar-refractivity contribution < 1.29 is 13.6 Å². The standard InChI is InChI=1S/C10H17F2NO/c1-7-5-3-4-6-8(7)13(2)10(14)9(11)12/h7-9H,3-6H2,1-2H3. The van der Waals surface area contributed by atoms with Gasteiger partial charge in [-0.15, -0.1) is 0 Å². The Hall–Kier alpha value is -0.670. The van der Waals surface area contributed by atoms with Gasteiger partial charge in [0.15, 0.2) is 0 Å². The van der Waals surface area contributed by atoms with Gasteiger partial charge in [0.25, 0.3) is 5.91 Å². The Morgan fingerprint density at radius 1 is 1.36 bits per heavy atom. The van der Waals surface area contributed by atoms with Gasteiger partial charge in [-0.25, -0.2) is 0 Å². The van der Waals surface area contributed by atoms with Crippen molar-refractivity contribution in [3.05, 3.63) is 0 Å². The Kier molecular flexibility index (Phi) is 3.84. The first-order valence-electron chi connectivity index (χ1n) is 5.09. The smallest absolute Gasteiger partial charge is 0.315 e. The maximum Gasteiger partial charge on any atom is 0.315 e. The third kappa shape index (κ3) is 2.42. The number of hydrogen-bond acceptors (Lipinski definition) is 1. The first-order chi connectivity index (χ1) is 6.54. The highest BCUT2D eigenvalue weighted by Crippen LogP contribution is 2.27. The molecule has 1 rings (SSSR count). The van der Waals surface area contributed by atoms with Crippen molar-refractivity contribution in [2.45, 2.75) is 45.1 Å². The Balaban J connectivity index is 2.57. The van der Waals surface area contributed by atoms with Crippen molar-refractivity contribution in [2.24, 2.45) is 5.92 Å². The van der Waals surface area contributed by atoms with Gasteiger partial charge in [0, 0.05) is 13.1 Å². The molecule has 0 saturated heterocycles. The zero-order valence-corrected chi connectivity index (χ0v) is 8.67. The molecule has 1 aliphatic carbocycles. The largest absolute Gasteiger partial charge is 0.338 e. The molecule has 0 radical (unpaired) electrons. The highest BCUT2D eigenvalue weighted by Gasteiger charge is 2.31. The van der Waals surface area contributed by atoms with Crippen LogP contribution in [-0.2, 0) is 4.79 Å². The minimum atomic E-state index is -2.87. The summed E-state index contributed by atoms with van der Waals surface area (Å²) in [5.74, 6) is -0.694. The summed E-state index contributed by atoms with van der Waals surface area (Å²) in [5.41, 5.74) is 0. The summed E-state index contributed by atoms with van der Waals surface area (Å²) in [5, 5.41) is 0. The van der Waals surface area contributed by atoms with E-state index in [9.17, 15) is 13.6 Å². The molecule has 0 N–H and O–H groups in total. The van der Waals surface area contributed by atoms with Crippen LogP contribution in [0.2, 0.25) is 0 Å². The lowest BCUT2D eigenvalue weighted by Crippen LogP contribution is -2.45. The second-order valence-corrected chi connectivity index (χ2v) is 4.08. The van der Waals surface area contributed by atoms with E-state index in [0.717, 1.165) is 25.7 Å². The number of nitrogens with zero attached hydrogens (tertiary/aromatic N) is 1. The molecule has 1 amide bonds. The molecule has 0 aromatic rings. The summed E-state index contributed by atoms with van der Waals surface area (Å²) in [4.78, 5) is 12.3. The van der Waals surface area contributed by atoms with Crippen molar-refractivity contribution >= 4 is 5.91 Å². The van der Waals surface area contributed by atoms with E-state index in [2.05, 4.69) is 0 Å². The van der Waals surface area contributed by atoms with Gasteiger partial charge in [0.05, 0.1) is 0 Å². The molecule has 0 aromatic carbocycles. The summed E-state index contributed by atoms with van der Waals surface area (Å²) in [7, 11) is 1.49. The van der Waals surface area contributed by atoms with Crippen LogP contribution in [0.3, 0.4) is 0 Å². The summed E-state index contributed by atoms with van der Waals surface area (Å²) in [6, 6.07) is 0.00486. The summed E-state index contributed by atoms with van der Waals surface area (Å²) < 4.78 is 24.3. The number of hydrogen-bond donors (Lipinski definition) is 0. The predicted octanol–water partition coefficient (Wildman–Crippen LogP) is 2.29. The van der Waals surface area contributed by atoms with Crippen molar-refractivity contribution in [2.75, 3.05) is 7.05 Å². The van der Waals surface area contributed by atoms with E-state index in [-0.39, 0.29) is 6.04 Å². The molecular formula is C10H17F2NO. The third-order valence-electron chi connectivity index (χ3n) is 3.10. The van der Waals surface area contributed by atoms with Crippen molar-refractivity contribution in [1.82, 2.24) is 4.90 Å². The Bertz CT molecular complexity index is 208. The number of halogens is 2. The van der Waals surface area contributed by atoms with Crippen molar-refractivity contribution in [1.29, 1.82) is 0 Å². The molecule has 2 atom stereocenters. The summed E-state index contributed by atoms with van der Waals surface area (Å²) >= 11 is 0. The van der Waals surface area contributed by atoms with Crippen LogP contribution in [0.1, 0.15) is 32.6 Å². The first kappa shape index (κ1) is 11.4. The molecule has 0 aromatic heterocycles. The Labute approximate surface area is 83.3 Å². The van der Waals surface area contributed by atoms with Gasteiger partial charge in [-0.05, 0) is 18.8 Å². The lowest BCUT2D eigenvalue weighted by atomic mass is 9.85. The minimum Gasteiger partial charge on any atom is -0.338 e. The highest BCUT2D eigenvalue weighted by molar-refractivity contribution is 5.79. The van der Waals surface area contributed by atoms with Crippen LogP contribution in [0.15, 0.2) is 0 Å². The first-order valence-corrected chi connectivity index (χ1v) is 5.09. The molecule has 1 fully saturated rings. The average Bonchev–Trinajstić information content (AvgIpc) is 2.16. The Morgan fingerprint density at radius 3 is 2.43 bits per heavy atom. The number of carbonyl (C=O) groups is 1. The number of alkyl halides is 2. The third-order valence-corrected chi connectivity index (χ3v) is 3.10. The van der Waals surface area contributed by atoms with Gasteiger partial charge in [0.1, 0.15) is 0 Å². The second-order valence-electron chi connectivity index (χ2n) is 4.08. The van der Waals surface area contributed by atoms with E-state index in [1.165, 1.54) is 11.9 Å². The summed E-state index contributed by atoms with van der Waals surface area (Å²) in [6.07, 6.45) is 1.21. The molecule has 0 aliphatic heterocycles. The molecule has 14 heavy (non-hydrogen) atoms. The molecule has 0 bridgehead atoms. The lowest BCUT2D eigenvalue weighted by molar-refractivity contribution is -0.145. The quantitative estimate of drug-likeness (QED) is 0.677. The molecule has 2 unspecified atom stereocenters. The van der Waals surface area contributed by atoms with Gasteiger partial charge >= 0.3 is 6.43 Å². The lowest BCUT2D eigenvalue weighted by Gasteiger charge is -2.36. The van der Waals surface area contributed by atoms with E-state index in [1.54, 1.807) is 0 Å². The van der Waals surface area contributed by atoms with E-state index < -0.39 is 12.3 Å². The Morgan fingerprint density at radius 2 is 1.93 bits per heavy atom. The molecule has 2 nitrogen and oxygen atoms in total. The molecular weight excluding hydrogens is 188 g/mol. The van der Waals surface area contributed by atoms with Crippen LogP contribution in [0, 0.1) is 5.92 Å². The van der Waals surface area contributed by atoms with E-state index in [0.29, 0.717) is 5.92 Å². The van der Waals surface area contributed by atoms with E-state index in [1.807, 2.05) is 6.92 Å². The van der Waals surface area contributed by atoms with E-state index >= 15 is 0 Å². The van der Waals surface area contributed by atoms with Crippen LogP contribution in [0.4, 0.5) is 8.78 Å². The maximum atomic E-state index is 12.2. The fourth-order valence-electron chi connectivity index (χ4n) is 2.19. The van der Waals surface area contributed by atoms with Gasteiger partial charge in [0.2, 0.25) is 0 Å². The van der Waals surface area contributed by atoms with Gasteiger partial charge in [-0.1, -0.05) is 19.8 Å². The normalized spacial score (nSPS) is 27.8. The van der Waals surface area contributed by atoms with Crippen molar-refractivity contribution in [3.8, 4) is 0 Å². The number of amides is 1. The van der Waals surface area contributed by atoms with E-state index in [4.69, 9.17) is 0 Å². The number of carbonyl (C=O) groups excluding carboxylic acids is 1. The summed E-state index contributed by atoms with van der Waals surface area (Å²) in [6.45, 7) is 2.03. The molecule has 1 aliphatic rings. The van der Waals surface area contributed by atoms with Crippen molar-refractivity contribution in [3.63, 3.8) is 0 Å². The fraction of sp³-hybridized carbons (Fsp3) is 0.900. The van der Waals surface area contributed by atoms with Crippen LogP contribution in [-0.4, -0.2) is 30.3 Å². The predicted molar refractivity (Wildman–Crippen MR) is 50.2 cm³/mol. The monoisotopic (exact) mass is 205 g/mol. The second kappa shape index (κ2) is 4.71. The van der Waals surface area contributed by atoms with Crippen LogP contribution in [0.5, 0.6) is 0 Å².